The molecule has 0 fully saturated rings. The first-order chi connectivity index (χ1) is 12.1. The second-order valence-corrected chi connectivity index (χ2v) is 5.93. The molecule has 25 heavy (non-hydrogen) atoms. The number of rotatable bonds is 1. The number of carbonyl (C=O) groups is 2. The van der Waals surface area contributed by atoms with Gasteiger partial charge in [0.05, 0.1) is 11.1 Å². The lowest BCUT2D eigenvalue weighted by molar-refractivity contribution is 0.0880. The summed E-state index contributed by atoms with van der Waals surface area (Å²) in [6, 6.07) is 11.9. The molecule has 0 atom stereocenters. The van der Waals surface area contributed by atoms with E-state index in [1.165, 1.54) is 0 Å². The Morgan fingerprint density at radius 3 is 2.60 bits per heavy atom. The fraction of sp³-hybridized carbons (Fsp3) is 0.0526. The van der Waals surface area contributed by atoms with E-state index in [2.05, 4.69) is 5.32 Å². The minimum atomic E-state index is -0.446. The molecule has 2 aliphatic heterocycles. The third kappa shape index (κ3) is 1.91. The molecule has 6 heteroatoms. The summed E-state index contributed by atoms with van der Waals surface area (Å²) in [4.78, 5) is 24.5. The minimum Gasteiger partial charge on any atom is -0.508 e. The first kappa shape index (κ1) is 13.9. The van der Waals surface area contributed by atoms with E-state index in [9.17, 15) is 14.7 Å². The number of ether oxygens (including phenoxy) is 2. The zero-order chi connectivity index (χ0) is 17.1. The van der Waals surface area contributed by atoms with Gasteiger partial charge in [0.1, 0.15) is 5.75 Å². The van der Waals surface area contributed by atoms with Gasteiger partial charge in [0.15, 0.2) is 11.5 Å². The lowest BCUT2D eigenvalue weighted by atomic mass is 9.90. The van der Waals surface area contributed by atoms with Gasteiger partial charge in [-0.25, -0.2) is 0 Å². The molecular weight excluding hydrogens is 322 g/mol. The second-order valence-electron chi connectivity index (χ2n) is 5.93. The van der Waals surface area contributed by atoms with Crippen molar-refractivity contribution < 1.29 is 24.2 Å². The first-order valence-corrected chi connectivity index (χ1v) is 7.67. The SMILES string of the molecule is O=C1NC(=O)c2c1cc1ccc(O)cc1c2-c1ccc2c(c1)OCO2. The maximum absolute atomic E-state index is 12.4. The highest BCUT2D eigenvalue weighted by Gasteiger charge is 2.32. The molecule has 2 amide bonds. The molecule has 0 bridgehead atoms. The van der Waals surface area contributed by atoms with Crippen molar-refractivity contribution in [3.8, 4) is 28.4 Å². The monoisotopic (exact) mass is 333 g/mol. The molecule has 0 aromatic heterocycles. The summed E-state index contributed by atoms with van der Waals surface area (Å²) in [5.41, 5.74) is 1.93. The summed E-state index contributed by atoms with van der Waals surface area (Å²) in [6.45, 7) is 0.145. The Balaban J connectivity index is 1.90. The molecule has 0 saturated carbocycles. The Hall–Kier alpha value is -3.54. The average molecular weight is 333 g/mol. The van der Waals surface area contributed by atoms with Crippen LogP contribution in [0.15, 0.2) is 42.5 Å². The van der Waals surface area contributed by atoms with E-state index in [1.54, 1.807) is 36.4 Å². The van der Waals surface area contributed by atoms with E-state index < -0.39 is 11.8 Å². The number of benzene rings is 3. The third-order valence-electron chi connectivity index (χ3n) is 4.49. The number of phenolic OH excluding ortho intramolecular Hbond substituents is 1. The highest BCUT2D eigenvalue weighted by Crippen LogP contribution is 2.42. The summed E-state index contributed by atoms with van der Waals surface area (Å²) in [6.07, 6.45) is 0. The molecule has 3 aromatic carbocycles. The Morgan fingerprint density at radius 1 is 0.880 bits per heavy atom. The van der Waals surface area contributed by atoms with Crippen LogP contribution in [0.25, 0.3) is 21.9 Å². The number of fused-ring (bicyclic) bond motifs is 3. The summed E-state index contributed by atoms with van der Waals surface area (Å²) >= 11 is 0. The third-order valence-corrected chi connectivity index (χ3v) is 4.49. The normalized spacial score (nSPS) is 14.7. The van der Waals surface area contributed by atoms with Crippen molar-refractivity contribution in [1.29, 1.82) is 0 Å². The van der Waals surface area contributed by atoms with Crippen molar-refractivity contribution in [3.63, 3.8) is 0 Å². The maximum Gasteiger partial charge on any atom is 0.259 e. The predicted octanol–water partition coefficient (Wildman–Crippen LogP) is 2.82. The number of hydrogen-bond acceptors (Lipinski definition) is 5. The second kappa shape index (κ2) is 4.73. The quantitative estimate of drug-likeness (QED) is 0.669. The van der Waals surface area contributed by atoms with Crippen molar-refractivity contribution in [3.05, 3.63) is 53.6 Å². The number of carbonyl (C=O) groups excluding carboxylic acids is 2. The number of hydrogen-bond donors (Lipinski definition) is 2. The molecule has 0 aliphatic carbocycles. The van der Waals surface area contributed by atoms with E-state index in [-0.39, 0.29) is 12.5 Å². The number of amides is 2. The van der Waals surface area contributed by atoms with Crippen molar-refractivity contribution in [2.75, 3.05) is 6.79 Å². The summed E-state index contributed by atoms with van der Waals surface area (Å²) in [7, 11) is 0. The molecule has 0 saturated heterocycles. The van der Waals surface area contributed by atoms with Crippen molar-refractivity contribution in [2.45, 2.75) is 0 Å². The summed E-state index contributed by atoms with van der Waals surface area (Å²) in [5.74, 6) is 0.422. The fourth-order valence-corrected chi connectivity index (χ4v) is 3.38. The van der Waals surface area contributed by atoms with E-state index in [0.717, 1.165) is 5.39 Å². The smallest absolute Gasteiger partial charge is 0.259 e. The Bertz CT molecular complexity index is 1100. The molecule has 2 N–H and O–H groups in total. The van der Waals surface area contributed by atoms with Gasteiger partial charge in [0.25, 0.3) is 11.8 Å². The predicted molar refractivity (Wildman–Crippen MR) is 89.0 cm³/mol. The molecule has 0 spiro atoms. The topological polar surface area (TPSA) is 84.9 Å². The van der Waals surface area contributed by atoms with Gasteiger partial charge < -0.3 is 14.6 Å². The molecule has 2 aliphatic rings. The van der Waals surface area contributed by atoms with Crippen LogP contribution >= 0.6 is 0 Å². The molecule has 6 nitrogen and oxygen atoms in total. The molecule has 5 rings (SSSR count). The number of aromatic hydroxyl groups is 1. The zero-order valence-corrected chi connectivity index (χ0v) is 12.8. The fourth-order valence-electron chi connectivity index (χ4n) is 3.38. The van der Waals surface area contributed by atoms with Gasteiger partial charge in [-0.1, -0.05) is 12.1 Å². The molecule has 0 unspecified atom stereocenters. The van der Waals surface area contributed by atoms with Crippen LogP contribution < -0.4 is 14.8 Å². The largest absolute Gasteiger partial charge is 0.508 e. The van der Waals surface area contributed by atoms with Gasteiger partial charge in [-0.15, -0.1) is 0 Å². The van der Waals surface area contributed by atoms with Crippen LogP contribution in [0.5, 0.6) is 17.2 Å². The van der Waals surface area contributed by atoms with Gasteiger partial charge in [-0.05, 0) is 46.7 Å². The summed E-state index contributed by atoms with van der Waals surface area (Å²) in [5, 5.41) is 13.7. The average Bonchev–Trinajstić information content (AvgIpc) is 3.17. The van der Waals surface area contributed by atoms with Crippen LogP contribution in [0, 0.1) is 0 Å². The minimum absolute atomic E-state index is 0.0826. The van der Waals surface area contributed by atoms with Gasteiger partial charge in [-0.3, -0.25) is 14.9 Å². The molecule has 122 valence electrons. The van der Waals surface area contributed by atoms with Gasteiger partial charge in [-0.2, -0.15) is 0 Å². The first-order valence-electron chi connectivity index (χ1n) is 7.67. The standard InChI is InChI=1S/C19H11NO5/c21-11-3-1-9-5-13-17(19(23)20-18(13)22)16(12(9)7-11)10-2-4-14-15(6-10)25-8-24-14/h1-7,21H,8H2,(H,20,22,23). The van der Waals surface area contributed by atoms with Crippen molar-refractivity contribution in [1.82, 2.24) is 5.32 Å². The lowest BCUT2D eigenvalue weighted by Gasteiger charge is -2.12. The van der Waals surface area contributed by atoms with E-state index >= 15 is 0 Å². The Kier molecular flexibility index (Phi) is 2.62. The zero-order valence-electron chi connectivity index (χ0n) is 12.8. The van der Waals surface area contributed by atoms with Crippen LogP contribution in [0.3, 0.4) is 0 Å². The summed E-state index contributed by atoms with van der Waals surface area (Å²) < 4.78 is 10.8. The molecule has 2 heterocycles. The van der Waals surface area contributed by atoms with Crippen molar-refractivity contribution in [2.24, 2.45) is 0 Å². The lowest BCUT2D eigenvalue weighted by Crippen LogP contribution is -2.20. The van der Waals surface area contributed by atoms with E-state index in [1.807, 2.05) is 6.07 Å². The van der Waals surface area contributed by atoms with Gasteiger partial charge >= 0.3 is 0 Å². The number of nitrogens with one attached hydrogen (secondary N) is 1. The number of phenols is 1. The van der Waals surface area contributed by atoms with Gasteiger partial charge in [0, 0.05) is 5.56 Å². The Labute approximate surface area is 141 Å². The molecular formula is C19H11NO5. The van der Waals surface area contributed by atoms with E-state index in [0.29, 0.717) is 39.1 Å². The van der Waals surface area contributed by atoms with Crippen LogP contribution in [0.4, 0.5) is 0 Å². The van der Waals surface area contributed by atoms with Gasteiger partial charge in [0.2, 0.25) is 6.79 Å². The molecule has 0 radical (unpaired) electrons. The van der Waals surface area contributed by atoms with Crippen LogP contribution in [-0.4, -0.2) is 23.7 Å². The highest BCUT2D eigenvalue weighted by atomic mass is 16.7. The van der Waals surface area contributed by atoms with E-state index in [4.69, 9.17) is 9.47 Å². The van der Waals surface area contributed by atoms with Crippen LogP contribution in [0.2, 0.25) is 0 Å². The van der Waals surface area contributed by atoms with Crippen LogP contribution in [-0.2, 0) is 0 Å². The maximum atomic E-state index is 12.4. The number of imide groups is 1. The molecule has 3 aromatic rings. The highest BCUT2D eigenvalue weighted by molar-refractivity contribution is 6.27. The Morgan fingerprint density at radius 2 is 1.72 bits per heavy atom. The van der Waals surface area contributed by atoms with Crippen LogP contribution in [0.1, 0.15) is 20.7 Å². The van der Waals surface area contributed by atoms with Crippen molar-refractivity contribution >= 4 is 22.6 Å².